The summed E-state index contributed by atoms with van der Waals surface area (Å²) < 4.78 is 45.7. The Morgan fingerprint density at radius 3 is 2.44 bits per heavy atom. The van der Waals surface area contributed by atoms with Gasteiger partial charge in [-0.25, -0.2) is 12.8 Å². The van der Waals surface area contributed by atoms with Crippen molar-refractivity contribution in [2.45, 2.75) is 25.2 Å². The highest BCUT2D eigenvalue weighted by Crippen LogP contribution is 2.24. The maximum absolute atomic E-state index is 13.7. The quantitative estimate of drug-likeness (QED) is 0.808. The van der Waals surface area contributed by atoms with E-state index in [1.807, 2.05) is 6.07 Å². The van der Waals surface area contributed by atoms with E-state index in [4.69, 9.17) is 4.52 Å². The predicted octanol–water partition coefficient (Wildman–Crippen LogP) is 1.98. The fraction of sp³-hybridized carbons (Fsp3) is 0.471. The van der Waals surface area contributed by atoms with Crippen LogP contribution in [0.4, 0.5) is 4.39 Å². The van der Waals surface area contributed by atoms with Crippen molar-refractivity contribution in [2.24, 2.45) is 0 Å². The van der Waals surface area contributed by atoms with Crippen molar-refractivity contribution in [1.29, 1.82) is 0 Å². The number of piperazine rings is 1. The molecule has 0 unspecified atom stereocenters. The van der Waals surface area contributed by atoms with Crippen molar-refractivity contribution in [2.75, 3.05) is 32.7 Å². The Labute approximate surface area is 147 Å². The summed E-state index contributed by atoms with van der Waals surface area (Å²) in [4.78, 5) is 2.33. The summed E-state index contributed by atoms with van der Waals surface area (Å²) >= 11 is 0. The first kappa shape index (κ1) is 18.0. The Morgan fingerprint density at radius 2 is 1.84 bits per heavy atom. The minimum Gasteiger partial charge on any atom is -0.360 e. The fourth-order valence-corrected chi connectivity index (χ4v) is 4.86. The number of aromatic nitrogens is 1. The number of nitrogens with zero attached hydrogens (tertiary/aromatic N) is 3. The van der Waals surface area contributed by atoms with Gasteiger partial charge < -0.3 is 9.42 Å². The highest BCUT2D eigenvalue weighted by atomic mass is 32.2. The second-order valence-corrected chi connectivity index (χ2v) is 8.12. The van der Waals surface area contributed by atoms with E-state index in [2.05, 4.69) is 10.1 Å². The molecule has 6 nitrogen and oxygen atoms in total. The van der Waals surface area contributed by atoms with Gasteiger partial charge >= 0.3 is 0 Å². The Balaban J connectivity index is 1.59. The lowest BCUT2D eigenvalue weighted by molar-refractivity contribution is 0.189. The molecular formula is C17H22FN3O3S. The van der Waals surface area contributed by atoms with Crippen LogP contribution in [0.5, 0.6) is 0 Å². The van der Waals surface area contributed by atoms with Gasteiger partial charge in [0.1, 0.15) is 16.4 Å². The minimum atomic E-state index is -3.59. The molecule has 0 saturated carbocycles. The first-order chi connectivity index (χ1) is 11.9. The molecule has 0 amide bonds. The molecule has 0 spiro atoms. The molecule has 8 heteroatoms. The molecule has 25 heavy (non-hydrogen) atoms. The highest BCUT2D eigenvalue weighted by Gasteiger charge is 2.33. The second-order valence-electron chi connectivity index (χ2n) is 6.24. The van der Waals surface area contributed by atoms with Gasteiger partial charge in [-0.1, -0.05) is 23.4 Å². The minimum absolute atomic E-state index is 0.173. The van der Waals surface area contributed by atoms with Crippen LogP contribution in [0, 0.1) is 19.7 Å². The Kier molecular flexibility index (Phi) is 5.21. The number of hydrogen-bond donors (Lipinski definition) is 0. The van der Waals surface area contributed by atoms with E-state index in [9.17, 15) is 12.8 Å². The van der Waals surface area contributed by atoms with Crippen molar-refractivity contribution in [3.63, 3.8) is 0 Å². The van der Waals surface area contributed by atoms with E-state index >= 15 is 0 Å². The number of benzene rings is 1. The molecule has 2 aromatic rings. The van der Waals surface area contributed by atoms with Gasteiger partial charge in [0, 0.05) is 32.7 Å². The average Bonchev–Trinajstić information content (AvgIpc) is 2.94. The smallest absolute Gasteiger partial charge is 0.248 e. The number of aryl methyl sites for hydroxylation is 2. The van der Waals surface area contributed by atoms with Crippen LogP contribution in [-0.2, 0) is 16.4 Å². The number of halogens is 1. The Hall–Kier alpha value is -1.77. The van der Waals surface area contributed by atoms with E-state index in [-0.39, 0.29) is 10.7 Å². The molecule has 1 saturated heterocycles. The summed E-state index contributed by atoms with van der Waals surface area (Å²) in [7, 11) is -3.59. The van der Waals surface area contributed by atoms with Gasteiger partial charge in [0.25, 0.3) is 0 Å². The molecule has 1 aromatic carbocycles. The molecule has 0 atom stereocenters. The van der Waals surface area contributed by atoms with Gasteiger partial charge in [-0.05, 0) is 31.9 Å². The molecule has 0 N–H and O–H groups in total. The van der Waals surface area contributed by atoms with E-state index in [1.54, 1.807) is 26.0 Å². The van der Waals surface area contributed by atoms with Gasteiger partial charge in [-0.2, -0.15) is 4.31 Å². The van der Waals surface area contributed by atoms with Crippen molar-refractivity contribution >= 4 is 10.0 Å². The van der Waals surface area contributed by atoms with Crippen LogP contribution in [0.25, 0.3) is 0 Å². The lowest BCUT2D eigenvalue weighted by Crippen LogP contribution is -2.49. The van der Waals surface area contributed by atoms with Crippen LogP contribution in [0.1, 0.15) is 17.0 Å². The zero-order valence-corrected chi connectivity index (χ0v) is 15.2. The lowest BCUT2D eigenvalue weighted by Gasteiger charge is -2.33. The third kappa shape index (κ3) is 3.75. The van der Waals surface area contributed by atoms with Crippen LogP contribution < -0.4 is 0 Å². The zero-order chi connectivity index (χ0) is 18.0. The first-order valence-corrected chi connectivity index (χ1v) is 9.72. The molecule has 3 rings (SSSR count). The lowest BCUT2D eigenvalue weighted by atomic mass is 10.1. The summed E-state index contributed by atoms with van der Waals surface area (Å²) in [5, 5.41) is 3.74. The standard InChI is InChI=1S/C17H22FN3O3S/c1-13-17(14(2)24-19-13)25(22,23)21-11-9-20(10-12-21)8-7-15-5-3-4-6-16(15)18/h3-6H,7-12H2,1-2H3. The van der Waals surface area contributed by atoms with E-state index < -0.39 is 10.0 Å². The van der Waals surface area contributed by atoms with Crippen LogP contribution in [0.15, 0.2) is 33.7 Å². The van der Waals surface area contributed by atoms with Gasteiger partial charge in [0.2, 0.25) is 10.0 Å². The summed E-state index contributed by atoms with van der Waals surface area (Å²) in [6, 6.07) is 6.75. The molecule has 1 aliphatic rings. The topological polar surface area (TPSA) is 66.7 Å². The van der Waals surface area contributed by atoms with Gasteiger partial charge in [-0.15, -0.1) is 0 Å². The third-order valence-electron chi connectivity index (χ3n) is 4.55. The maximum atomic E-state index is 13.7. The molecular weight excluding hydrogens is 345 g/mol. The number of rotatable bonds is 5. The fourth-order valence-electron chi connectivity index (χ4n) is 3.15. The summed E-state index contributed by atoms with van der Waals surface area (Å²) in [6.07, 6.45) is 0.614. The molecule has 0 aliphatic carbocycles. The van der Waals surface area contributed by atoms with Gasteiger partial charge in [-0.3, -0.25) is 0 Å². The maximum Gasteiger partial charge on any atom is 0.248 e. The molecule has 0 bridgehead atoms. The molecule has 1 fully saturated rings. The molecule has 1 aliphatic heterocycles. The molecule has 2 heterocycles. The Bertz CT molecular complexity index is 823. The normalized spacial score (nSPS) is 17.1. The summed E-state index contributed by atoms with van der Waals surface area (Å²) in [5.41, 5.74) is 1.08. The molecule has 0 radical (unpaired) electrons. The first-order valence-electron chi connectivity index (χ1n) is 8.28. The van der Waals surface area contributed by atoms with Crippen LogP contribution in [-0.4, -0.2) is 55.5 Å². The van der Waals surface area contributed by atoms with Gasteiger partial charge in [0.15, 0.2) is 5.76 Å². The van der Waals surface area contributed by atoms with E-state index in [1.165, 1.54) is 10.4 Å². The number of hydrogen-bond acceptors (Lipinski definition) is 5. The van der Waals surface area contributed by atoms with Crippen molar-refractivity contribution in [3.05, 3.63) is 47.1 Å². The monoisotopic (exact) mass is 367 g/mol. The van der Waals surface area contributed by atoms with Crippen molar-refractivity contribution in [3.8, 4) is 0 Å². The zero-order valence-electron chi connectivity index (χ0n) is 14.4. The average molecular weight is 367 g/mol. The molecule has 1 aromatic heterocycles. The van der Waals surface area contributed by atoms with Crippen molar-refractivity contribution in [1.82, 2.24) is 14.4 Å². The van der Waals surface area contributed by atoms with Crippen LogP contribution in [0.2, 0.25) is 0 Å². The Morgan fingerprint density at radius 1 is 1.16 bits per heavy atom. The van der Waals surface area contributed by atoms with Crippen LogP contribution >= 0.6 is 0 Å². The molecule has 136 valence electrons. The number of sulfonamides is 1. The summed E-state index contributed by atoms with van der Waals surface area (Å²) in [6.45, 7) is 6.01. The third-order valence-corrected chi connectivity index (χ3v) is 6.70. The predicted molar refractivity (Wildman–Crippen MR) is 91.3 cm³/mol. The SMILES string of the molecule is Cc1noc(C)c1S(=O)(=O)N1CCN(CCc2ccccc2F)CC1. The highest BCUT2D eigenvalue weighted by molar-refractivity contribution is 7.89. The second kappa shape index (κ2) is 7.23. The van der Waals surface area contributed by atoms with Crippen LogP contribution in [0.3, 0.4) is 0 Å². The van der Waals surface area contributed by atoms with E-state index in [0.29, 0.717) is 56.2 Å². The summed E-state index contributed by atoms with van der Waals surface area (Å²) in [5.74, 6) is 0.126. The van der Waals surface area contributed by atoms with Crippen molar-refractivity contribution < 1.29 is 17.3 Å². The largest absolute Gasteiger partial charge is 0.360 e. The van der Waals surface area contributed by atoms with E-state index in [0.717, 1.165) is 0 Å². The van der Waals surface area contributed by atoms with Gasteiger partial charge in [0.05, 0.1) is 0 Å².